The van der Waals surface area contributed by atoms with Crippen molar-refractivity contribution in [2.45, 2.75) is 25.7 Å². The molecule has 302 valence electrons. The number of unbranched alkanes of at least 4 members (excludes halogenated alkanes) is 1. The molecule has 8 aromatic rings. The summed E-state index contributed by atoms with van der Waals surface area (Å²) in [5.74, 6) is -1.28. The summed E-state index contributed by atoms with van der Waals surface area (Å²) in [6.07, 6.45) is 3.68. The summed E-state index contributed by atoms with van der Waals surface area (Å²) < 4.78 is 6.16. The number of nitrogens with zero attached hydrogens (tertiary/aromatic N) is 4. The van der Waals surface area contributed by atoms with E-state index in [0.29, 0.717) is 24.0 Å². The third kappa shape index (κ3) is 14.7. The summed E-state index contributed by atoms with van der Waals surface area (Å²) in [6.45, 7) is 0. The number of fused-ring (bicyclic) bond motifs is 2. The molecule has 0 aliphatic rings. The van der Waals surface area contributed by atoms with Crippen LogP contribution in [0.1, 0.15) is 36.8 Å². The van der Waals surface area contributed by atoms with E-state index in [1.807, 2.05) is 48.5 Å². The minimum atomic E-state index is -0.517. The third-order valence-electron chi connectivity index (χ3n) is 9.28. The second kappa shape index (κ2) is 24.9. The van der Waals surface area contributed by atoms with Crippen LogP contribution in [0.15, 0.2) is 215 Å². The minimum absolute atomic E-state index is 0.114. The maximum absolute atomic E-state index is 12.1. The van der Waals surface area contributed by atoms with E-state index in [2.05, 4.69) is 142 Å². The van der Waals surface area contributed by atoms with Gasteiger partial charge in [-0.05, 0) is 70.2 Å². The van der Waals surface area contributed by atoms with Gasteiger partial charge in [0, 0.05) is 0 Å². The van der Waals surface area contributed by atoms with Crippen molar-refractivity contribution in [2.75, 3.05) is 0 Å². The molecule has 0 N–H and O–H groups in total. The van der Waals surface area contributed by atoms with Crippen molar-refractivity contribution in [1.82, 2.24) is 0 Å². The fraction of sp³-hybridized carbons (Fsp3) is 0.0769. The summed E-state index contributed by atoms with van der Waals surface area (Å²) in [4.78, 5) is 0. The van der Waals surface area contributed by atoms with Crippen LogP contribution in [0.25, 0.3) is 21.5 Å². The summed E-state index contributed by atoms with van der Waals surface area (Å²) in [6, 6.07) is 64.4. The zero-order valence-electron chi connectivity index (χ0n) is 33.9. The summed E-state index contributed by atoms with van der Waals surface area (Å²) in [5.41, 5.74) is 0.759. The molecule has 0 aromatic heterocycles. The van der Waals surface area contributed by atoms with Crippen molar-refractivity contribution < 1.29 is 20.4 Å². The zero-order chi connectivity index (χ0) is 43.2. The molecule has 0 fully saturated rings. The SMILES string of the molecule is [O-]/C(CCCC/C([O-])=N/N=C/c1c([O-])ccc2ccccc12)=N\N=C\c1c([O-])ccc2ccccc12.c1cc[c]([Sn+2][c]2ccccc2)cc1.c1cc[c]([Sn+2][c]2ccccc2)cc1. The van der Waals surface area contributed by atoms with Crippen LogP contribution in [0.3, 0.4) is 0 Å². The Hall–Kier alpha value is -6.24. The van der Waals surface area contributed by atoms with Gasteiger partial charge in [-0.3, -0.25) is 0 Å². The molecule has 0 saturated carbocycles. The molecule has 10 heteroatoms. The molecular formula is C52H42N4O4Sn2. The Bertz CT molecular complexity index is 2470. The van der Waals surface area contributed by atoms with E-state index in [4.69, 9.17) is 0 Å². The van der Waals surface area contributed by atoms with Gasteiger partial charge in [0.2, 0.25) is 0 Å². The Morgan fingerprint density at radius 1 is 0.387 bits per heavy atom. The van der Waals surface area contributed by atoms with Crippen LogP contribution in [0, 0.1) is 0 Å². The molecular weight excluding hydrogens is 982 g/mol. The fourth-order valence-electron chi connectivity index (χ4n) is 6.19. The van der Waals surface area contributed by atoms with Crippen molar-refractivity contribution in [3.8, 4) is 11.5 Å². The van der Waals surface area contributed by atoms with Crippen LogP contribution in [0.5, 0.6) is 11.5 Å². The van der Waals surface area contributed by atoms with Gasteiger partial charge < -0.3 is 20.4 Å². The summed E-state index contributed by atoms with van der Waals surface area (Å²) >= 11 is -1.03. The molecule has 0 saturated heterocycles. The number of hydrogen-bond donors (Lipinski definition) is 0. The van der Waals surface area contributed by atoms with Gasteiger partial charge in [-0.15, -0.1) is 0 Å². The van der Waals surface area contributed by atoms with E-state index in [9.17, 15) is 20.4 Å². The molecule has 0 atom stereocenters. The van der Waals surface area contributed by atoms with Crippen LogP contribution in [-0.2, 0) is 0 Å². The first-order valence-corrected chi connectivity index (χ1v) is 25.8. The maximum atomic E-state index is 12.1. The summed E-state index contributed by atoms with van der Waals surface area (Å²) in [7, 11) is 0. The number of rotatable bonds is 13. The monoisotopic (exact) mass is 1030 g/mol. The average molecular weight is 1020 g/mol. The number of benzene rings is 8. The predicted octanol–water partition coefficient (Wildman–Crippen LogP) is 5.27. The zero-order valence-corrected chi connectivity index (χ0v) is 39.6. The van der Waals surface area contributed by atoms with Crippen molar-refractivity contribution >= 4 is 102 Å². The van der Waals surface area contributed by atoms with Crippen LogP contribution >= 0.6 is 0 Å². The Balaban J connectivity index is 0.000000198. The molecule has 0 aliphatic heterocycles. The number of hydrogen-bond acceptors (Lipinski definition) is 8. The molecule has 0 aliphatic carbocycles. The Morgan fingerprint density at radius 3 is 1.03 bits per heavy atom. The van der Waals surface area contributed by atoms with E-state index in [0.717, 1.165) is 21.5 Å². The molecule has 62 heavy (non-hydrogen) atoms. The fourth-order valence-corrected chi connectivity index (χ4v) is 12.2. The van der Waals surface area contributed by atoms with Crippen molar-refractivity contribution in [3.63, 3.8) is 0 Å². The molecule has 8 nitrogen and oxygen atoms in total. The van der Waals surface area contributed by atoms with Crippen LogP contribution in [-0.4, -0.2) is 66.5 Å². The molecule has 8 rings (SSSR count). The molecule has 0 radical (unpaired) electrons. The summed E-state index contributed by atoms with van der Waals surface area (Å²) in [5, 5.41) is 66.3. The molecule has 0 heterocycles. The Kier molecular flexibility index (Phi) is 18.2. The molecule has 0 bridgehead atoms. The van der Waals surface area contributed by atoms with Crippen molar-refractivity contribution in [3.05, 3.63) is 205 Å². The van der Waals surface area contributed by atoms with E-state index in [1.54, 1.807) is 12.1 Å². The van der Waals surface area contributed by atoms with Crippen LogP contribution < -0.4 is 34.7 Å². The first kappa shape index (κ1) is 45.3. The molecule has 0 spiro atoms. The first-order valence-electron chi connectivity index (χ1n) is 20.1. The van der Waals surface area contributed by atoms with E-state index in [-0.39, 0.29) is 24.3 Å². The normalized spacial score (nSPS) is 11.4. The molecule has 0 unspecified atom stereocenters. The average Bonchev–Trinajstić information content (AvgIpc) is 3.31. The van der Waals surface area contributed by atoms with Gasteiger partial charge in [0.1, 0.15) is 0 Å². The first-order chi connectivity index (χ1) is 30.4. The van der Waals surface area contributed by atoms with Gasteiger partial charge in [0.05, 0.1) is 12.4 Å². The molecule has 8 aromatic carbocycles. The standard InChI is InChI=1S/C28H26N4O4.4C6H5.2Sn/c33-25-15-13-19-7-1-3-9-21(19)23(25)17-29-31-27(35)11-5-6-12-28(36)32-30-18-24-22-10-4-2-8-20(22)14-16-26(24)34;4*1-2-4-6-5-3-1;;/h1-4,7-10,13-18,33-34H,5-6,11-12H2,(H,31,35)(H,32,36);4*1-5H;;/q;;;;;2*+2/p-4/b29-17+,30-18+;;;;;;. The van der Waals surface area contributed by atoms with Gasteiger partial charge in [0.25, 0.3) is 0 Å². The van der Waals surface area contributed by atoms with E-state index in [1.165, 1.54) is 38.9 Å². The van der Waals surface area contributed by atoms with Gasteiger partial charge >= 0.3 is 178 Å². The van der Waals surface area contributed by atoms with Crippen LogP contribution in [0.2, 0.25) is 0 Å². The van der Waals surface area contributed by atoms with Gasteiger partial charge in [-0.25, -0.2) is 0 Å². The Labute approximate surface area is 382 Å². The van der Waals surface area contributed by atoms with Crippen LogP contribution in [0.4, 0.5) is 0 Å². The third-order valence-corrected chi connectivity index (χ3v) is 16.4. The van der Waals surface area contributed by atoms with E-state index >= 15 is 0 Å². The Morgan fingerprint density at radius 2 is 0.694 bits per heavy atom. The van der Waals surface area contributed by atoms with Gasteiger partial charge in [-0.1, -0.05) is 84.3 Å². The quantitative estimate of drug-likeness (QED) is 0.0511. The second-order valence-corrected chi connectivity index (χ2v) is 21.8. The van der Waals surface area contributed by atoms with Crippen molar-refractivity contribution in [2.24, 2.45) is 20.4 Å². The van der Waals surface area contributed by atoms with Gasteiger partial charge in [-0.2, -0.15) is 20.4 Å². The topological polar surface area (TPSA) is 142 Å². The van der Waals surface area contributed by atoms with E-state index < -0.39 is 54.1 Å². The molecule has 0 amide bonds. The second-order valence-electron chi connectivity index (χ2n) is 13.8. The predicted molar refractivity (Wildman–Crippen MR) is 251 cm³/mol. The van der Waals surface area contributed by atoms with Gasteiger partial charge in [0.15, 0.2) is 0 Å². The van der Waals surface area contributed by atoms with Crippen molar-refractivity contribution in [1.29, 1.82) is 0 Å².